The molecule has 1 atom stereocenters. The van der Waals surface area contributed by atoms with E-state index < -0.39 is 8.32 Å². The molecule has 1 saturated heterocycles. The summed E-state index contributed by atoms with van der Waals surface area (Å²) in [5.74, 6) is 0.0387. The summed E-state index contributed by atoms with van der Waals surface area (Å²) in [6.07, 6.45) is 24.3. The van der Waals surface area contributed by atoms with E-state index in [0.717, 1.165) is 71.5 Å². The van der Waals surface area contributed by atoms with E-state index in [1.165, 1.54) is 96.3 Å². The summed E-state index contributed by atoms with van der Waals surface area (Å²) in [4.78, 5) is 17.7. The van der Waals surface area contributed by atoms with Gasteiger partial charge in [-0.25, -0.2) is 0 Å². The number of hydrogen-bond acceptors (Lipinski definition) is 6. The average molecular weight is 668 g/mol. The molecule has 0 saturated carbocycles. The number of carbonyl (C=O) groups is 1. The van der Waals surface area contributed by atoms with Gasteiger partial charge in [-0.3, -0.25) is 9.69 Å². The number of ether oxygens (including phenoxy) is 1. The fraction of sp³-hybridized carbons (Fsp3) is 0.974. The number of piperazine rings is 1. The number of esters is 1. The molecule has 7 heteroatoms. The molecule has 1 heterocycles. The summed E-state index contributed by atoms with van der Waals surface area (Å²) in [6, 6.07) is 0. The molecule has 0 aromatic heterocycles. The van der Waals surface area contributed by atoms with Crippen LogP contribution < -0.4 is 5.32 Å². The van der Waals surface area contributed by atoms with Gasteiger partial charge in [0.05, 0.1) is 6.10 Å². The van der Waals surface area contributed by atoms with E-state index in [1.807, 2.05) is 0 Å². The Labute approximate surface area is 289 Å². The highest BCUT2D eigenvalue weighted by Gasteiger charge is 2.39. The lowest BCUT2D eigenvalue weighted by molar-refractivity contribution is -0.150. The van der Waals surface area contributed by atoms with Gasteiger partial charge in [-0.1, -0.05) is 118 Å². The van der Waals surface area contributed by atoms with Gasteiger partial charge in [-0.05, 0) is 70.2 Å². The van der Waals surface area contributed by atoms with Crippen molar-refractivity contribution in [2.24, 2.45) is 0 Å². The Balaban J connectivity index is 2.29. The molecule has 1 aliphatic heterocycles. The first kappa shape index (κ1) is 43.5. The third kappa shape index (κ3) is 22.2. The van der Waals surface area contributed by atoms with Crippen molar-refractivity contribution < 1.29 is 14.0 Å². The number of nitrogens with one attached hydrogen (secondary N) is 1. The molecular weight excluding hydrogens is 587 g/mol. The second-order valence-corrected chi connectivity index (χ2v) is 20.8. The molecule has 0 amide bonds. The van der Waals surface area contributed by atoms with Crippen LogP contribution in [0.15, 0.2) is 0 Å². The minimum atomic E-state index is -1.82. The van der Waals surface area contributed by atoms with Gasteiger partial charge < -0.3 is 19.4 Å². The van der Waals surface area contributed by atoms with Crippen LogP contribution in [0.5, 0.6) is 0 Å². The normalized spacial score (nSPS) is 15.9. The van der Waals surface area contributed by atoms with Gasteiger partial charge in [0.2, 0.25) is 0 Å². The van der Waals surface area contributed by atoms with Crippen LogP contribution in [0.25, 0.3) is 0 Å². The van der Waals surface area contributed by atoms with Crippen molar-refractivity contribution >= 4 is 14.3 Å². The Morgan fingerprint density at radius 2 is 1.22 bits per heavy atom. The quantitative estimate of drug-likeness (QED) is 0.0487. The molecule has 6 nitrogen and oxygen atoms in total. The number of likely N-dealkylation sites (N-methyl/N-ethyl adjacent to an activating group) is 1. The van der Waals surface area contributed by atoms with Crippen LogP contribution in [0.1, 0.15) is 163 Å². The molecular formula is C39H81N3O3Si. The second-order valence-electron chi connectivity index (χ2n) is 16.1. The van der Waals surface area contributed by atoms with Crippen LogP contribution in [0.4, 0.5) is 0 Å². The SMILES string of the molecule is CCCCCCCCC(CCCCCCCC)OC(=O)CCCCCCCNCC(CN1CCN(C)CC1)O[Si](C)(C)C(C)(C)C. The van der Waals surface area contributed by atoms with E-state index in [4.69, 9.17) is 9.16 Å². The summed E-state index contributed by atoms with van der Waals surface area (Å²) in [5.41, 5.74) is 0. The van der Waals surface area contributed by atoms with Gasteiger partial charge in [0.25, 0.3) is 0 Å². The highest BCUT2D eigenvalue weighted by Crippen LogP contribution is 2.37. The Morgan fingerprint density at radius 1 is 0.717 bits per heavy atom. The number of carbonyl (C=O) groups excluding carboxylic acids is 1. The monoisotopic (exact) mass is 668 g/mol. The molecule has 1 rings (SSSR count). The predicted octanol–water partition coefficient (Wildman–Crippen LogP) is 9.97. The number of hydrogen-bond donors (Lipinski definition) is 1. The molecule has 0 bridgehead atoms. The number of rotatable bonds is 29. The van der Waals surface area contributed by atoms with E-state index in [0.29, 0.717) is 6.42 Å². The van der Waals surface area contributed by atoms with Gasteiger partial charge in [0, 0.05) is 45.7 Å². The first-order valence-electron chi connectivity index (χ1n) is 20.0. The van der Waals surface area contributed by atoms with Crippen molar-refractivity contribution in [1.29, 1.82) is 0 Å². The molecule has 1 aliphatic rings. The van der Waals surface area contributed by atoms with Crippen molar-refractivity contribution in [2.75, 3.05) is 52.9 Å². The lowest BCUT2D eigenvalue weighted by Gasteiger charge is -2.41. The average Bonchev–Trinajstić information content (AvgIpc) is 2.99. The highest BCUT2D eigenvalue weighted by molar-refractivity contribution is 6.74. The number of unbranched alkanes of at least 4 members (excludes halogenated alkanes) is 14. The van der Waals surface area contributed by atoms with Crippen LogP contribution in [-0.4, -0.2) is 89.2 Å². The van der Waals surface area contributed by atoms with E-state index in [9.17, 15) is 4.79 Å². The molecule has 0 radical (unpaired) electrons. The summed E-state index contributed by atoms with van der Waals surface area (Å²) >= 11 is 0. The molecule has 1 unspecified atom stereocenters. The van der Waals surface area contributed by atoms with Gasteiger partial charge in [0.15, 0.2) is 8.32 Å². The van der Waals surface area contributed by atoms with Gasteiger partial charge in [0.1, 0.15) is 6.10 Å². The first-order valence-corrected chi connectivity index (χ1v) is 22.9. The zero-order valence-electron chi connectivity index (χ0n) is 32.4. The molecule has 0 aromatic carbocycles. The first-order chi connectivity index (χ1) is 22.0. The molecule has 46 heavy (non-hydrogen) atoms. The molecule has 0 aromatic rings. The Kier molecular flexibility index (Phi) is 25.0. The van der Waals surface area contributed by atoms with Crippen LogP contribution in [0, 0.1) is 0 Å². The summed E-state index contributed by atoms with van der Waals surface area (Å²) in [6.45, 7) is 23.9. The smallest absolute Gasteiger partial charge is 0.306 e. The van der Waals surface area contributed by atoms with Crippen LogP contribution in [0.3, 0.4) is 0 Å². The van der Waals surface area contributed by atoms with Crippen molar-refractivity contribution in [1.82, 2.24) is 15.1 Å². The van der Waals surface area contributed by atoms with Crippen molar-refractivity contribution in [3.63, 3.8) is 0 Å². The van der Waals surface area contributed by atoms with Gasteiger partial charge in [-0.2, -0.15) is 0 Å². The fourth-order valence-corrected chi connectivity index (χ4v) is 7.52. The van der Waals surface area contributed by atoms with E-state index in [2.05, 4.69) is 69.9 Å². The maximum atomic E-state index is 12.7. The van der Waals surface area contributed by atoms with E-state index >= 15 is 0 Å². The maximum Gasteiger partial charge on any atom is 0.306 e. The minimum Gasteiger partial charge on any atom is -0.462 e. The third-order valence-electron chi connectivity index (χ3n) is 10.5. The summed E-state index contributed by atoms with van der Waals surface area (Å²) in [7, 11) is 0.404. The van der Waals surface area contributed by atoms with Crippen LogP contribution in [-0.2, 0) is 14.0 Å². The van der Waals surface area contributed by atoms with Crippen LogP contribution >= 0.6 is 0 Å². The molecule has 274 valence electrons. The summed E-state index contributed by atoms with van der Waals surface area (Å²) < 4.78 is 12.9. The molecule has 1 fully saturated rings. The predicted molar refractivity (Wildman–Crippen MR) is 202 cm³/mol. The molecule has 0 spiro atoms. The molecule has 1 N–H and O–H groups in total. The third-order valence-corrected chi connectivity index (χ3v) is 15.0. The largest absolute Gasteiger partial charge is 0.462 e. The molecule has 0 aliphatic carbocycles. The van der Waals surface area contributed by atoms with Gasteiger partial charge >= 0.3 is 5.97 Å². The highest BCUT2D eigenvalue weighted by atomic mass is 28.4. The zero-order valence-corrected chi connectivity index (χ0v) is 33.4. The summed E-state index contributed by atoms with van der Waals surface area (Å²) in [5, 5.41) is 3.96. The Bertz CT molecular complexity index is 706. The Hall–Kier alpha value is -0.473. The lowest BCUT2D eigenvalue weighted by Crippen LogP contribution is -2.53. The zero-order chi connectivity index (χ0) is 34.1. The maximum absolute atomic E-state index is 12.7. The standard InChI is InChI=1S/C39H81N3O3Si/c1-9-11-13-15-18-22-26-36(27-23-19-16-14-12-10-2)44-38(43)28-24-20-17-21-25-29-40-34-37(45-46(7,8)39(3,4)5)35-42-32-30-41(6)31-33-42/h36-37,40H,9-35H2,1-8H3. The second kappa shape index (κ2) is 26.4. The topological polar surface area (TPSA) is 54.0 Å². The number of nitrogens with zero attached hydrogens (tertiary/aromatic N) is 2. The van der Waals surface area contributed by atoms with E-state index in [-0.39, 0.29) is 23.2 Å². The Morgan fingerprint density at radius 3 is 1.76 bits per heavy atom. The van der Waals surface area contributed by atoms with Gasteiger partial charge in [-0.15, -0.1) is 0 Å². The lowest BCUT2D eigenvalue weighted by atomic mass is 10.0. The minimum absolute atomic E-state index is 0.0387. The fourth-order valence-electron chi connectivity index (χ4n) is 6.18. The van der Waals surface area contributed by atoms with Crippen molar-refractivity contribution in [3.8, 4) is 0 Å². The van der Waals surface area contributed by atoms with Crippen LogP contribution in [0.2, 0.25) is 18.1 Å². The van der Waals surface area contributed by atoms with Crippen molar-refractivity contribution in [3.05, 3.63) is 0 Å². The van der Waals surface area contributed by atoms with Crippen molar-refractivity contribution in [2.45, 2.75) is 193 Å². The van der Waals surface area contributed by atoms with E-state index in [1.54, 1.807) is 0 Å².